The summed E-state index contributed by atoms with van der Waals surface area (Å²) in [6.07, 6.45) is 11.7. The van der Waals surface area contributed by atoms with Crippen molar-refractivity contribution in [2.75, 3.05) is 31.7 Å². The van der Waals surface area contributed by atoms with Crippen LogP contribution in [0, 0.1) is 11.3 Å². The molecule has 26 heavy (non-hydrogen) atoms. The van der Waals surface area contributed by atoms with E-state index in [1.165, 1.54) is 32.1 Å². The minimum Gasteiger partial charge on any atom is -0.469 e. The summed E-state index contributed by atoms with van der Waals surface area (Å²) >= 11 is 1.84. The van der Waals surface area contributed by atoms with Crippen LogP contribution in [-0.4, -0.2) is 49.8 Å². The molecular weight excluding hydrogens is 346 g/mol. The summed E-state index contributed by atoms with van der Waals surface area (Å²) in [6, 6.07) is 4.49. The van der Waals surface area contributed by atoms with Crippen LogP contribution >= 0.6 is 11.8 Å². The molecule has 2 aliphatic carbocycles. The van der Waals surface area contributed by atoms with Crippen molar-refractivity contribution < 1.29 is 9.15 Å². The number of nitrogens with one attached hydrogen (secondary N) is 2. The third kappa shape index (κ3) is 3.50. The van der Waals surface area contributed by atoms with E-state index in [-0.39, 0.29) is 0 Å². The van der Waals surface area contributed by atoms with Crippen molar-refractivity contribution >= 4 is 17.7 Å². The topological polar surface area (TPSA) is 58.8 Å². The van der Waals surface area contributed by atoms with Gasteiger partial charge in [0.25, 0.3) is 0 Å². The second kappa shape index (κ2) is 8.26. The smallest absolute Gasteiger partial charge is 0.191 e. The van der Waals surface area contributed by atoms with E-state index >= 15 is 0 Å². The average Bonchev–Trinajstić information content (AvgIpc) is 3.39. The highest BCUT2D eigenvalue weighted by molar-refractivity contribution is 7.98. The first kappa shape index (κ1) is 18.2. The number of fused-ring (bicyclic) bond motifs is 2. The second-order valence-corrected chi connectivity index (χ2v) is 8.77. The first-order chi connectivity index (χ1) is 12.8. The van der Waals surface area contributed by atoms with E-state index in [0.717, 1.165) is 43.6 Å². The fourth-order valence-corrected chi connectivity index (χ4v) is 5.49. The van der Waals surface area contributed by atoms with Crippen molar-refractivity contribution in [1.82, 2.24) is 10.6 Å². The Labute approximate surface area is 160 Å². The maximum atomic E-state index is 6.11. The van der Waals surface area contributed by atoms with Crippen LogP contribution in [0.3, 0.4) is 0 Å². The highest BCUT2D eigenvalue weighted by Crippen LogP contribution is 2.60. The van der Waals surface area contributed by atoms with Gasteiger partial charge in [0.15, 0.2) is 5.96 Å². The van der Waals surface area contributed by atoms with E-state index in [4.69, 9.17) is 14.1 Å². The van der Waals surface area contributed by atoms with Crippen LogP contribution < -0.4 is 10.6 Å². The van der Waals surface area contributed by atoms with Crippen molar-refractivity contribution in [2.24, 2.45) is 16.3 Å². The lowest BCUT2D eigenvalue weighted by Gasteiger charge is -2.57. The van der Waals surface area contributed by atoms with Gasteiger partial charge in [-0.15, -0.1) is 0 Å². The minimum absolute atomic E-state index is 0.351. The Bertz CT molecular complexity index is 598. The molecular formula is C20H31N3O2S. The molecule has 0 bridgehead atoms. The molecule has 3 atom stereocenters. The Morgan fingerprint density at radius 3 is 3.04 bits per heavy atom. The molecule has 1 aromatic heterocycles. The highest BCUT2D eigenvalue weighted by atomic mass is 32.2. The third-order valence-corrected chi connectivity index (χ3v) is 6.98. The molecule has 0 amide bonds. The third-order valence-electron chi connectivity index (χ3n) is 6.39. The Balaban J connectivity index is 1.39. The van der Waals surface area contributed by atoms with Crippen molar-refractivity contribution in [3.63, 3.8) is 0 Å². The number of nitrogens with zero attached hydrogens (tertiary/aromatic N) is 1. The lowest BCUT2D eigenvalue weighted by molar-refractivity contribution is -0.125. The average molecular weight is 378 g/mol. The zero-order valence-corrected chi connectivity index (χ0v) is 16.5. The van der Waals surface area contributed by atoms with Crippen molar-refractivity contribution in [1.29, 1.82) is 0 Å². The first-order valence-electron chi connectivity index (χ1n) is 10.0. The van der Waals surface area contributed by atoms with Crippen LogP contribution in [0.2, 0.25) is 0 Å². The highest BCUT2D eigenvalue weighted by Gasteiger charge is 2.65. The Kier molecular flexibility index (Phi) is 5.79. The van der Waals surface area contributed by atoms with Crippen LogP contribution in [0.15, 0.2) is 27.8 Å². The molecule has 1 saturated heterocycles. The lowest BCUT2D eigenvalue weighted by atomic mass is 9.54. The number of guanidine groups is 1. The number of aliphatic imine (C=N–C) groups is 1. The summed E-state index contributed by atoms with van der Waals surface area (Å²) in [5.41, 5.74) is 0.351. The van der Waals surface area contributed by atoms with E-state index in [1.54, 1.807) is 6.26 Å². The summed E-state index contributed by atoms with van der Waals surface area (Å²) in [7, 11) is 0. The molecule has 3 fully saturated rings. The Morgan fingerprint density at radius 1 is 1.38 bits per heavy atom. The lowest BCUT2D eigenvalue weighted by Crippen LogP contribution is -2.69. The fraction of sp³-hybridized carbons (Fsp3) is 0.750. The fourth-order valence-electron chi connectivity index (χ4n) is 5.21. The minimum atomic E-state index is 0.351. The second-order valence-electron chi connectivity index (χ2n) is 7.79. The summed E-state index contributed by atoms with van der Waals surface area (Å²) in [4.78, 5) is 4.83. The summed E-state index contributed by atoms with van der Waals surface area (Å²) < 4.78 is 11.6. The van der Waals surface area contributed by atoms with Crippen LogP contribution in [0.4, 0.5) is 0 Å². The van der Waals surface area contributed by atoms with Crippen LogP contribution in [0.1, 0.15) is 37.9 Å². The standard InChI is InChI=1S/C20H31N3O2S/c1-26-14-11-22-19(21-10-6-15-5-4-12-24-15)23-17-16-7-13-25-18(16)20(17)8-2-3-9-20/h4-5,12,16-18H,2-3,6-11,13-14H2,1H3,(H2,21,22,23). The normalized spacial score (nSPS) is 29.6. The molecule has 4 rings (SSSR count). The number of ether oxygens (including phenoxy) is 1. The largest absolute Gasteiger partial charge is 0.469 e. The predicted octanol–water partition coefficient (Wildman–Crippen LogP) is 3.07. The zero-order chi connectivity index (χ0) is 17.8. The monoisotopic (exact) mass is 377 g/mol. The molecule has 2 N–H and O–H groups in total. The molecule has 0 aromatic carbocycles. The van der Waals surface area contributed by atoms with Crippen LogP contribution in [0.5, 0.6) is 0 Å². The van der Waals surface area contributed by atoms with Crippen molar-refractivity contribution in [3.8, 4) is 0 Å². The van der Waals surface area contributed by atoms with E-state index < -0.39 is 0 Å². The van der Waals surface area contributed by atoms with Gasteiger partial charge < -0.3 is 19.8 Å². The predicted molar refractivity (Wildman–Crippen MR) is 107 cm³/mol. The summed E-state index contributed by atoms with van der Waals surface area (Å²) in [5.74, 6) is 3.69. The van der Waals surface area contributed by atoms with E-state index in [1.807, 2.05) is 23.9 Å². The van der Waals surface area contributed by atoms with Gasteiger partial charge in [-0.25, -0.2) is 0 Å². The van der Waals surface area contributed by atoms with Gasteiger partial charge in [0, 0.05) is 42.7 Å². The van der Waals surface area contributed by atoms with Gasteiger partial charge in [-0.1, -0.05) is 12.8 Å². The number of hydrogen-bond donors (Lipinski definition) is 2. The molecule has 1 spiro atoms. The van der Waals surface area contributed by atoms with Crippen molar-refractivity contribution in [3.05, 3.63) is 24.2 Å². The molecule has 144 valence electrons. The van der Waals surface area contributed by atoms with Crippen LogP contribution in [0.25, 0.3) is 0 Å². The SMILES string of the molecule is CSCCN=C(NCCc1ccco1)NC1C2CCOC2C12CCCC2. The maximum absolute atomic E-state index is 6.11. The molecule has 0 radical (unpaired) electrons. The van der Waals surface area contributed by atoms with Gasteiger partial charge in [-0.05, 0) is 37.7 Å². The molecule has 1 aliphatic heterocycles. The molecule has 2 saturated carbocycles. The summed E-state index contributed by atoms with van der Waals surface area (Å²) in [6.45, 7) is 2.62. The molecule has 1 aromatic rings. The van der Waals surface area contributed by atoms with Gasteiger partial charge in [0.1, 0.15) is 5.76 Å². The number of furan rings is 1. The van der Waals surface area contributed by atoms with E-state index in [9.17, 15) is 0 Å². The van der Waals surface area contributed by atoms with Gasteiger partial charge in [0.2, 0.25) is 0 Å². The first-order valence-corrected chi connectivity index (χ1v) is 11.4. The van der Waals surface area contributed by atoms with Gasteiger partial charge in [-0.2, -0.15) is 11.8 Å². The number of thioether (sulfide) groups is 1. The van der Waals surface area contributed by atoms with Crippen molar-refractivity contribution in [2.45, 2.75) is 50.7 Å². The quantitative estimate of drug-likeness (QED) is 0.434. The molecule has 2 heterocycles. The number of rotatable bonds is 7. The molecule has 3 aliphatic rings. The Hall–Kier alpha value is -1.14. The van der Waals surface area contributed by atoms with Gasteiger partial charge in [-0.3, -0.25) is 4.99 Å². The molecule has 5 nitrogen and oxygen atoms in total. The number of hydrogen-bond acceptors (Lipinski definition) is 4. The van der Waals surface area contributed by atoms with E-state index in [2.05, 4.69) is 16.9 Å². The van der Waals surface area contributed by atoms with Gasteiger partial charge >= 0.3 is 0 Å². The van der Waals surface area contributed by atoms with Crippen LogP contribution in [-0.2, 0) is 11.2 Å². The zero-order valence-electron chi connectivity index (χ0n) is 15.7. The molecule has 3 unspecified atom stereocenters. The van der Waals surface area contributed by atoms with E-state index in [0.29, 0.717) is 23.5 Å². The summed E-state index contributed by atoms with van der Waals surface area (Å²) in [5, 5.41) is 7.35. The maximum Gasteiger partial charge on any atom is 0.191 e. The van der Waals surface area contributed by atoms with Gasteiger partial charge in [0.05, 0.1) is 18.9 Å². The molecule has 6 heteroatoms. The Morgan fingerprint density at radius 2 is 2.27 bits per heavy atom.